The normalized spacial score (nSPS) is 12.1. The molecule has 5 heteroatoms. The minimum Gasteiger partial charge on any atom is -0.491 e. The maximum atomic E-state index is 12.8. The summed E-state index contributed by atoms with van der Waals surface area (Å²) < 4.78 is 8.60. The zero-order valence-electron chi connectivity index (χ0n) is 18.4. The van der Waals surface area contributed by atoms with Crippen LogP contribution >= 0.6 is 0 Å². The number of nitrogens with zero attached hydrogens (tertiary/aromatic N) is 2. The summed E-state index contributed by atoms with van der Waals surface area (Å²) in [4.78, 5) is 18.1. The van der Waals surface area contributed by atoms with Crippen LogP contribution in [0.2, 0.25) is 0 Å². The van der Waals surface area contributed by atoms with Crippen molar-refractivity contribution in [1.82, 2.24) is 14.5 Å². The van der Waals surface area contributed by atoms with E-state index in [1.807, 2.05) is 36.4 Å². The highest BCUT2D eigenvalue weighted by atomic mass is 16.5. The molecule has 2 aromatic heterocycles. The van der Waals surface area contributed by atoms with Crippen LogP contribution in [0, 0.1) is 5.92 Å². The number of unbranched alkanes of at least 4 members (excludes halogenated alkanes) is 1. The van der Waals surface area contributed by atoms with Crippen molar-refractivity contribution in [1.29, 1.82) is 0 Å². The molecule has 0 atom stereocenters. The second-order valence-corrected chi connectivity index (χ2v) is 8.74. The van der Waals surface area contributed by atoms with Crippen molar-refractivity contribution in [3.05, 3.63) is 52.8 Å². The van der Waals surface area contributed by atoms with Crippen LogP contribution in [-0.4, -0.2) is 41.7 Å². The molecule has 158 valence electrons. The molecule has 0 aliphatic carbocycles. The number of hydrogen-bond acceptors (Lipinski definition) is 3. The molecular formula is C25H31N3O2. The van der Waals surface area contributed by atoms with Crippen LogP contribution in [0.15, 0.2) is 47.3 Å². The fourth-order valence-electron chi connectivity index (χ4n) is 4.23. The van der Waals surface area contributed by atoms with Gasteiger partial charge in [0.15, 0.2) is 0 Å². The summed E-state index contributed by atoms with van der Waals surface area (Å²) in [5.41, 5.74) is 3.00. The van der Waals surface area contributed by atoms with Gasteiger partial charge in [-0.05, 0) is 51.5 Å². The molecule has 4 rings (SSSR count). The average molecular weight is 406 g/mol. The Kier molecular flexibility index (Phi) is 5.82. The van der Waals surface area contributed by atoms with Crippen molar-refractivity contribution < 1.29 is 4.74 Å². The molecule has 0 aliphatic rings. The SMILES string of the molecule is CC(C)Cn1c2c(OCCCCN(C)C)cccc2c2[nH]c(=O)c3ccccc3c21. The topological polar surface area (TPSA) is 50.3 Å². The molecule has 0 radical (unpaired) electrons. The van der Waals surface area contributed by atoms with Crippen LogP contribution < -0.4 is 10.3 Å². The van der Waals surface area contributed by atoms with Crippen molar-refractivity contribution >= 4 is 32.7 Å². The van der Waals surface area contributed by atoms with Crippen LogP contribution in [0.4, 0.5) is 0 Å². The van der Waals surface area contributed by atoms with Gasteiger partial charge in [0.05, 0.1) is 23.2 Å². The molecule has 0 fully saturated rings. The Balaban J connectivity index is 1.88. The minimum absolute atomic E-state index is 0.0447. The second kappa shape index (κ2) is 8.52. The van der Waals surface area contributed by atoms with Gasteiger partial charge in [0.25, 0.3) is 5.56 Å². The molecule has 0 saturated heterocycles. The van der Waals surface area contributed by atoms with Crippen LogP contribution in [-0.2, 0) is 6.54 Å². The van der Waals surface area contributed by atoms with E-state index in [9.17, 15) is 4.79 Å². The lowest BCUT2D eigenvalue weighted by Gasteiger charge is -2.15. The zero-order chi connectivity index (χ0) is 21.3. The number of hydrogen-bond donors (Lipinski definition) is 1. The Hall–Kier alpha value is -2.79. The lowest BCUT2D eigenvalue weighted by Crippen LogP contribution is -2.13. The van der Waals surface area contributed by atoms with Gasteiger partial charge in [-0.1, -0.05) is 44.2 Å². The molecule has 0 saturated carbocycles. The van der Waals surface area contributed by atoms with Gasteiger partial charge < -0.3 is 19.2 Å². The summed E-state index contributed by atoms with van der Waals surface area (Å²) in [5.74, 6) is 1.35. The smallest absolute Gasteiger partial charge is 0.256 e. The zero-order valence-corrected chi connectivity index (χ0v) is 18.4. The van der Waals surface area contributed by atoms with Crippen molar-refractivity contribution in [2.24, 2.45) is 5.92 Å². The van der Waals surface area contributed by atoms with Crippen LogP contribution in [0.3, 0.4) is 0 Å². The van der Waals surface area contributed by atoms with Crippen molar-refractivity contribution in [2.45, 2.75) is 33.2 Å². The number of para-hydroxylation sites is 1. The number of fused-ring (bicyclic) bond motifs is 5. The molecule has 0 amide bonds. The van der Waals surface area contributed by atoms with Crippen LogP contribution in [0.5, 0.6) is 5.75 Å². The molecular weight excluding hydrogens is 374 g/mol. The molecule has 4 aromatic rings. The van der Waals surface area contributed by atoms with Gasteiger partial charge in [-0.25, -0.2) is 0 Å². The van der Waals surface area contributed by atoms with E-state index in [1.165, 1.54) is 0 Å². The van der Waals surface area contributed by atoms with E-state index in [0.29, 0.717) is 12.5 Å². The largest absolute Gasteiger partial charge is 0.491 e. The number of benzene rings is 2. The van der Waals surface area contributed by atoms with Crippen LogP contribution in [0.1, 0.15) is 26.7 Å². The number of rotatable bonds is 8. The van der Waals surface area contributed by atoms with E-state index in [0.717, 1.165) is 64.4 Å². The number of aromatic amines is 1. The van der Waals surface area contributed by atoms with Gasteiger partial charge in [-0.3, -0.25) is 4.79 Å². The van der Waals surface area contributed by atoms with Gasteiger partial charge in [-0.15, -0.1) is 0 Å². The first-order valence-corrected chi connectivity index (χ1v) is 10.8. The van der Waals surface area contributed by atoms with Gasteiger partial charge in [0.2, 0.25) is 0 Å². The van der Waals surface area contributed by atoms with Crippen molar-refractivity contribution in [2.75, 3.05) is 27.2 Å². The Morgan fingerprint density at radius 2 is 1.70 bits per heavy atom. The highest BCUT2D eigenvalue weighted by molar-refractivity contribution is 6.16. The summed E-state index contributed by atoms with van der Waals surface area (Å²) in [6, 6.07) is 14.0. The minimum atomic E-state index is -0.0447. The standard InChI is InChI=1S/C25H31N3O2/c1-17(2)16-28-23-20(12-9-13-21(23)30-15-8-7-14-27(3)4)22-24(28)18-10-5-6-11-19(18)25(29)26-22/h5-6,9-13,17H,7-8,14-16H2,1-4H3,(H,26,29). The van der Waals surface area contributed by atoms with Crippen molar-refractivity contribution in [3.8, 4) is 5.75 Å². The van der Waals surface area contributed by atoms with Gasteiger partial charge >= 0.3 is 0 Å². The first-order valence-electron chi connectivity index (χ1n) is 10.8. The molecule has 0 spiro atoms. The third kappa shape index (κ3) is 3.82. The highest BCUT2D eigenvalue weighted by Gasteiger charge is 2.19. The van der Waals surface area contributed by atoms with E-state index < -0.39 is 0 Å². The molecule has 30 heavy (non-hydrogen) atoms. The van der Waals surface area contributed by atoms with E-state index >= 15 is 0 Å². The summed E-state index contributed by atoms with van der Waals surface area (Å²) >= 11 is 0. The van der Waals surface area contributed by atoms with Crippen molar-refractivity contribution in [3.63, 3.8) is 0 Å². The highest BCUT2D eigenvalue weighted by Crippen LogP contribution is 2.36. The van der Waals surface area contributed by atoms with Gasteiger partial charge in [0.1, 0.15) is 5.75 Å². The van der Waals surface area contributed by atoms with E-state index in [-0.39, 0.29) is 5.56 Å². The molecule has 0 unspecified atom stereocenters. The van der Waals surface area contributed by atoms with E-state index in [2.05, 4.69) is 48.5 Å². The van der Waals surface area contributed by atoms with Gasteiger partial charge in [0, 0.05) is 22.7 Å². The molecule has 2 aromatic carbocycles. The average Bonchev–Trinajstić information content (AvgIpc) is 3.01. The monoisotopic (exact) mass is 405 g/mol. The molecule has 5 nitrogen and oxygen atoms in total. The lowest BCUT2D eigenvalue weighted by molar-refractivity contribution is 0.295. The predicted molar refractivity (Wildman–Crippen MR) is 126 cm³/mol. The molecule has 0 bridgehead atoms. The Bertz CT molecular complexity index is 1230. The maximum absolute atomic E-state index is 12.8. The van der Waals surface area contributed by atoms with Gasteiger partial charge in [-0.2, -0.15) is 0 Å². The van der Waals surface area contributed by atoms with E-state index in [1.54, 1.807) is 0 Å². The first-order chi connectivity index (χ1) is 14.5. The number of aromatic nitrogens is 2. The molecule has 2 heterocycles. The van der Waals surface area contributed by atoms with Crippen LogP contribution in [0.25, 0.3) is 32.7 Å². The lowest BCUT2D eigenvalue weighted by atomic mass is 10.1. The Labute approximate surface area is 177 Å². The third-order valence-corrected chi connectivity index (χ3v) is 5.52. The quantitative estimate of drug-likeness (QED) is 0.419. The second-order valence-electron chi connectivity index (χ2n) is 8.74. The molecule has 1 N–H and O–H groups in total. The Morgan fingerprint density at radius 1 is 0.967 bits per heavy atom. The third-order valence-electron chi connectivity index (χ3n) is 5.52. The summed E-state index contributed by atoms with van der Waals surface area (Å²) in [5, 5.41) is 2.76. The first kappa shape index (κ1) is 20.5. The number of nitrogens with one attached hydrogen (secondary N) is 1. The number of pyridine rings is 1. The fourth-order valence-corrected chi connectivity index (χ4v) is 4.23. The fraction of sp³-hybridized carbons (Fsp3) is 0.400. The summed E-state index contributed by atoms with van der Waals surface area (Å²) in [6.07, 6.45) is 2.12. The number of ether oxygens (including phenoxy) is 1. The summed E-state index contributed by atoms with van der Waals surface area (Å²) in [6.45, 7) is 7.05. The number of H-pyrrole nitrogens is 1. The van der Waals surface area contributed by atoms with E-state index in [4.69, 9.17) is 4.74 Å². The maximum Gasteiger partial charge on any atom is 0.256 e. The predicted octanol–water partition coefficient (Wildman–Crippen LogP) is 5.01. The summed E-state index contributed by atoms with van der Waals surface area (Å²) in [7, 11) is 4.19. The molecule has 0 aliphatic heterocycles. The Morgan fingerprint density at radius 3 is 2.43 bits per heavy atom.